The van der Waals surface area contributed by atoms with Crippen molar-refractivity contribution < 1.29 is 19.7 Å². The van der Waals surface area contributed by atoms with Gasteiger partial charge in [-0.25, -0.2) is 0 Å². The van der Waals surface area contributed by atoms with E-state index in [0.29, 0.717) is 18.7 Å². The predicted molar refractivity (Wildman–Crippen MR) is 70.2 cm³/mol. The van der Waals surface area contributed by atoms with Crippen LogP contribution in [0.2, 0.25) is 0 Å². The number of amides is 1. The zero-order valence-electron chi connectivity index (χ0n) is 11.2. The quantitative estimate of drug-likeness (QED) is 0.834. The number of aliphatic hydroxyl groups is 1. The highest BCUT2D eigenvalue weighted by atomic mass is 16.5. The summed E-state index contributed by atoms with van der Waals surface area (Å²) in [5, 5.41) is 18.5. The molecule has 1 aliphatic heterocycles. The molecule has 0 saturated carbocycles. The largest absolute Gasteiger partial charge is 0.508 e. The van der Waals surface area contributed by atoms with Gasteiger partial charge in [-0.3, -0.25) is 4.79 Å². The third-order valence-corrected chi connectivity index (χ3v) is 3.26. The van der Waals surface area contributed by atoms with Gasteiger partial charge in [0.15, 0.2) is 0 Å². The van der Waals surface area contributed by atoms with E-state index in [-0.39, 0.29) is 30.5 Å². The highest BCUT2D eigenvalue weighted by molar-refractivity contribution is 5.95. The molecule has 1 aromatic carbocycles. The van der Waals surface area contributed by atoms with Gasteiger partial charge in [0.05, 0.1) is 18.8 Å². The van der Waals surface area contributed by atoms with Gasteiger partial charge in [-0.15, -0.1) is 0 Å². The molecule has 19 heavy (non-hydrogen) atoms. The van der Waals surface area contributed by atoms with Crippen LogP contribution in [0.15, 0.2) is 18.2 Å². The second-order valence-electron chi connectivity index (χ2n) is 4.96. The number of hydrogen-bond acceptors (Lipinski definition) is 4. The van der Waals surface area contributed by atoms with Gasteiger partial charge in [0.1, 0.15) is 5.75 Å². The van der Waals surface area contributed by atoms with Crippen LogP contribution in [0.5, 0.6) is 5.75 Å². The molecule has 5 nitrogen and oxygen atoms in total. The van der Waals surface area contributed by atoms with E-state index in [1.165, 1.54) is 6.07 Å². The summed E-state index contributed by atoms with van der Waals surface area (Å²) in [7, 11) is 0. The molecule has 1 fully saturated rings. The first-order valence-corrected chi connectivity index (χ1v) is 6.36. The van der Waals surface area contributed by atoms with Crippen LogP contribution >= 0.6 is 0 Å². The molecule has 2 atom stereocenters. The summed E-state index contributed by atoms with van der Waals surface area (Å²) in [5.41, 5.74) is 1.31. The number of rotatable bonds is 2. The van der Waals surface area contributed by atoms with Crippen LogP contribution in [-0.2, 0) is 4.74 Å². The van der Waals surface area contributed by atoms with Gasteiger partial charge in [0.25, 0.3) is 5.91 Å². The number of aromatic hydroxyl groups is 1. The van der Waals surface area contributed by atoms with Crippen molar-refractivity contribution in [2.45, 2.75) is 26.1 Å². The van der Waals surface area contributed by atoms with E-state index in [4.69, 9.17) is 4.74 Å². The van der Waals surface area contributed by atoms with Gasteiger partial charge in [-0.05, 0) is 37.6 Å². The number of nitrogens with zero attached hydrogens (tertiary/aromatic N) is 1. The Morgan fingerprint density at radius 3 is 2.84 bits per heavy atom. The summed E-state index contributed by atoms with van der Waals surface area (Å²) in [4.78, 5) is 14.1. The number of ether oxygens (including phenoxy) is 1. The molecular formula is C14H19NO4. The zero-order valence-corrected chi connectivity index (χ0v) is 11.2. The standard InChI is InChI=1S/C14H19NO4/c1-9-5-11(17)3-4-13(9)14(18)15-6-10(2)19-12(7-15)8-16/h3-5,10,12,16-17H,6-8H2,1-2H3. The van der Waals surface area contributed by atoms with Gasteiger partial charge in [0, 0.05) is 18.7 Å². The highest BCUT2D eigenvalue weighted by Crippen LogP contribution is 2.20. The number of aryl methyl sites for hydroxylation is 1. The van der Waals surface area contributed by atoms with Crippen molar-refractivity contribution in [3.8, 4) is 5.75 Å². The van der Waals surface area contributed by atoms with E-state index >= 15 is 0 Å². The molecule has 1 saturated heterocycles. The fourth-order valence-electron chi connectivity index (χ4n) is 2.37. The van der Waals surface area contributed by atoms with Crippen LogP contribution in [0.25, 0.3) is 0 Å². The van der Waals surface area contributed by atoms with Gasteiger partial charge < -0.3 is 19.8 Å². The second kappa shape index (κ2) is 5.59. The molecule has 104 valence electrons. The Kier molecular flexibility index (Phi) is 4.07. The van der Waals surface area contributed by atoms with Crippen molar-refractivity contribution >= 4 is 5.91 Å². The van der Waals surface area contributed by atoms with Crippen LogP contribution in [0.1, 0.15) is 22.8 Å². The van der Waals surface area contributed by atoms with E-state index in [9.17, 15) is 15.0 Å². The molecule has 2 N–H and O–H groups in total. The first-order valence-electron chi connectivity index (χ1n) is 6.36. The maximum absolute atomic E-state index is 12.4. The fraction of sp³-hybridized carbons (Fsp3) is 0.500. The zero-order chi connectivity index (χ0) is 14.0. The van der Waals surface area contributed by atoms with E-state index < -0.39 is 0 Å². The van der Waals surface area contributed by atoms with Crippen LogP contribution in [0.4, 0.5) is 0 Å². The number of phenolic OH excluding ortho intramolecular Hbond substituents is 1. The molecule has 1 aromatic rings. The Bertz CT molecular complexity index is 475. The van der Waals surface area contributed by atoms with Crippen molar-refractivity contribution in [1.82, 2.24) is 4.90 Å². The third kappa shape index (κ3) is 3.05. The lowest BCUT2D eigenvalue weighted by molar-refractivity contribution is -0.0858. The Balaban J connectivity index is 2.18. The van der Waals surface area contributed by atoms with E-state index in [1.807, 2.05) is 6.92 Å². The Hall–Kier alpha value is -1.59. The van der Waals surface area contributed by atoms with Crippen LogP contribution in [0.3, 0.4) is 0 Å². The van der Waals surface area contributed by atoms with E-state index in [2.05, 4.69) is 0 Å². The number of morpholine rings is 1. The SMILES string of the molecule is Cc1cc(O)ccc1C(=O)N1CC(C)OC(CO)C1. The topological polar surface area (TPSA) is 70.0 Å². The third-order valence-electron chi connectivity index (χ3n) is 3.26. The monoisotopic (exact) mass is 265 g/mol. The summed E-state index contributed by atoms with van der Waals surface area (Å²) in [5.74, 6) is 0.0590. The normalized spacial score (nSPS) is 23.4. The number of phenols is 1. The first-order chi connectivity index (χ1) is 9.01. The number of benzene rings is 1. The minimum absolute atomic E-state index is 0.0905. The van der Waals surface area contributed by atoms with Gasteiger partial charge >= 0.3 is 0 Å². The Morgan fingerprint density at radius 1 is 1.47 bits per heavy atom. The van der Waals surface area contributed by atoms with Crippen molar-refractivity contribution in [3.05, 3.63) is 29.3 Å². The summed E-state index contributed by atoms with van der Waals surface area (Å²) in [6.07, 6.45) is -0.419. The van der Waals surface area contributed by atoms with Crippen LogP contribution < -0.4 is 0 Å². The average Bonchev–Trinajstić information content (AvgIpc) is 2.37. The lowest BCUT2D eigenvalue weighted by Gasteiger charge is -2.36. The molecule has 0 aliphatic carbocycles. The maximum Gasteiger partial charge on any atom is 0.254 e. The van der Waals surface area contributed by atoms with Gasteiger partial charge in [-0.2, -0.15) is 0 Å². The summed E-state index contributed by atoms with van der Waals surface area (Å²) in [6, 6.07) is 4.70. The molecule has 5 heteroatoms. The molecule has 0 radical (unpaired) electrons. The maximum atomic E-state index is 12.4. The van der Waals surface area contributed by atoms with Crippen molar-refractivity contribution in [2.75, 3.05) is 19.7 Å². The molecule has 2 rings (SSSR count). The average molecular weight is 265 g/mol. The lowest BCUT2D eigenvalue weighted by atomic mass is 10.1. The van der Waals surface area contributed by atoms with E-state index in [1.54, 1.807) is 24.0 Å². The minimum Gasteiger partial charge on any atom is -0.508 e. The molecule has 0 bridgehead atoms. The first kappa shape index (κ1) is 13.8. The molecule has 1 aliphatic rings. The van der Waals surface area contributed by atoms with Crippen molar-refractivity contribution in [3.63, 3.8) is 0 Å². The van der Waals surface area contributed by atoms with Gasteiger partial charge in [0.2, 0.25) is 0 Å². The van der Waals surface area contributed by atoms with Crippen LogP contribution in [0, 0.1) is 6.92 Å². The number of carbonyl (C=O) groups is 1. The van der Waals surface area contributed by atoms with E-state index in [0.717, 1.165) is 5.56 Å². The van der Waals surface area contributed by atoms with Crippen molar-refractivity contribution in [2.24, 2.45) is 0 Å². The van der Waals surface area contributed by atoms with Crippen molar-refractivity contribution in [1.29, 1.82) is 0 Å². The predicted octanol–water partition coefficient (Wildman–Crippen LogP) is 0.922. The number of hydrogen-bond donors (Lipinski definition) is 2. The molecule has 0 aromatic heterocycles. The van der Waals surface area contributed by atoms with Gasteiger partial charge in [-0.1, -0.05) is 0 Å². The highest BCUT2D eigenvalue weighted by Gasteiger charge is 2.29. The summed E-state index contributed by atoms with van der Waals surface area (Å²) < 4.78 is 5.52. The Labute approximate surface area is 112 Å². The second-order valence-corrected chi connectivity index (χ2v) is 4.96. The smallest absolute Gasteiger partial charge is 0.254 e. The van der Waals surface area contributed by atoms with Crippen LogP contribution in [-0.4, -0.2) is 52.9 Å². The molecule has 0 spiro atoms. The minimum atomic E-state index is -0.329. The molecular weight excluding hydrogens is 246 g/mol. The Morgan fingerprint density at radius 2 is 2.21 bits per heavy atom. The summed E-state index contributed by atoms with van der Waals surface area (Å²) in [6.45, 7) is 4.48. The summed E-state index contributed by atoms with van der Waals surface area (Å²) >= 11 is 0. The fourth-order valence-corrected chi connectivity index (χ4v) is 2.37. The molecule has 2 unspecified atom stereocenters. The lowest BCUT2D eigenvalue weighted by Crippen LogP contribution is -2.50. The number of aliphatic hydroxyl groups excluding tert-OH is 1. The molecule has 1 heterocycles. The number of carbonyl (C=O) groups excluding carboxylic acids is 1. The molecule has 1 amide bonds.